The molecular formula is C14H23N3. The Balaban J connectivity index is 1.80. The fourth-order valence-corrected chi connectivity index (χ4v) is 2.26. The second-order valence-corrected chi connectivity index (χ2v) is 4.75. The second-order valence-electron chi connectivity index (χ2n) is 4.75. The zero-order chi connectivity index (χ0) is 11.9. The zero-order valence-corrected chi connectivity index (χ0v) is 10.5. The van der Waals surface area contributed by atoms with Crippen LogP contribution in [0.15, 0.2) is 24.3 Å². The van der Waals surface area contributed by atoms with Gasteiger partial charge in [0.15, 0.2) is 0 Å². The summed E-state index contributed by atoms with van der Waals surface area (Å²) in [6.45, 7) is 5.33. The Labute approximate surface area is 104 Å². The van der Waals surface area contributed by atoms with Gasteiger partial charge in [0.25, 0.3) is 0 Å². The molecule has 1 aromatic carbocycles. The molecule has 1 aliphatic rings. The van der Waals surface area contributed by atoms with E-state index in [0.717, 1.165) is 26.1 Å². The van der Waals surface area contributed by atoms with E-state index in [-0.39, 0.29) is 0 Å². The van der Waals surface area contributed by atoms with Gasteiger partial charge < -0.3 is 11.1 Å². The third kappa shape index (κ3) is 4.02. The first-order chi connectivity index (χ1) is 8.38. The number of nitrogens with one attached hydrogen (secondary N) is 1. The van der Waals surface area contributed by atoms with E-state index in [1.54, 1.807) is 0 Å². The van der Waals surface area contributed by atoms with Crippen LogP contribution in [-0.2, 0) is 6.54 Å². The summed E-state index contributed by atoms with van der Waals surface area (Å²) >= 11 is 0. The standard InChI is InChI=1S/C14H23N3/c15-8-3-9-16-14-6-4-13(5-7-14)12-17-10-1-2-11-17/h4-7,16H,1-3,8-12,15H2. The largest absolute Gasteiger partial charge is 0.385 e. The van der Waals surface area contributed by atoms with E-state index in [0.29, 0.717) is 0 Å². The number of nitrogens with two attached hydrogens (primary N) is 1. The van der Waals surface area contributed by atoms with Crippen molar-refractivity contribution in [1.82, 2.24) is 4.90 Å². The molecule has 0 spiro atoms. The SMILES string of the molecule is NCCCNc1ccc(CN2CCCC2)cc1. The van der Waals surface area contributed by atoms with Crippen molar-refractivity contribution in [3.8, 4) is 0 Å². The molecule has 1 saturated heterocycles. The minimum absolute atomic E-state index is 0.750. The van der Waals surface area contributed by atoms with Gasteiger partial charge in [-0.2, -0.15) is 0 Å². The maximum absolute atomic E-state index is 5.46. The molecule has 0 unspecified atom stereocenters. The van der Waals surface area contributed by atoms with Crippen molar-refractivity contribution >= 4 is 5.69 Å². The molecule has 17 heavy (non-hydrogen) atoms. The van der Waals surface area contributed by atoms with Crippen molar-refractivity contribution in [3.05, 3.63) is 29.8 Å². The molecule has 0 atom stereocenters. The highest BCUT2D eigenvalue weighted by atomic mass is 15.1. The molecule has 1 heterocycles. The molecule has 0 aromatic heterocycles. The molecule has 0 amide bonds. The summed E-state index contributed by atoms with van der Waals surface area (Å²) in [6, 6.07) is 8.79. The van der Waals surface area contributed by atoms with Gasteiger partial charge in [0.2, 0.25) is 0 Å². The Morgan fingerprint density at radius 3 is 2.47 bits per heavy atom. The van der Waals surface area contributed by atoms with Crippen LogP contribution in [0.4, 0.5) is 5.69 Å². The normalized spacial score (nSPS) is 16.3. The molecule has 0 aliphatic carbocycles. The second kappa shape index (κ2) is 6.62. The highest BCUT2D eigenvalue weighted by Gasteiger charge is 2.11. The van der Waals surface area contributed by atoms with Crippen LogP contribution < -0.4 is 11.1 Å². The van der Waals surface area contributed by atoms with Crippen LogP contribution in [-0.4, -0.2) is 31.1 Å². The smallest absolute Gasteiger partial charge is 0.0340 e. The average molecular weight is 233 g/mol. The van der Waals surface area contributed by atoms with Crippen LogP contribution in [0.2, 0.25) is 0 Å². The van der Waals surface area contributed by atoms with Gasteiger partial charge in [0.1, 0.15) is 0 Å². The van der Waals surface area contributed by atoms with E-state index in [9.17, 15) is 0 Å². The zero-order valence-electron chi connectivity index (χ0n) is 10.5. The number of nitrogens with zero attached hydrogens (tertiary/aromatic N) is 1. The average Bonchev–Trinajstić information content (AvgIpc) is 2.85. The summed E-state index contributed by atoms with van der Waals surface area (Å²) < 4.78 is 0. The number of rotatable bonds is 6. The number of benzene rings is 1. The van der Waals surface area contributed by atoms with Crippen molar-refractivity contribution in [2.45, 2.75) is 25.8 Å². The third-order valence-corrected chi connectivity index (χ3v) is 3.27. The lowest BCUT2D eigenvalue weighted by molar-refractivity contribution is 0.331. The quantitative estimate of drug-likeness (QED) is 0.739. The maximum atomic E-state index is 5.46. The molecule has 3 heteroatoms. The van der Waals surface area contributed by atoms with Gasteiger partial charge in [0.05, 0.1) is 0 Å². The summed E-state index contributed by atoms with van der Waals surface area (Å²) in [6.07, 6.45) is 3.74. The fraction of sp³-hybridized carbons (Fsp3) is 0.571. The van der Waals surface area contributed by atoms with E-state index in [2.05, 4.69) is 34.5 Å². The Morgan fingerprint density at radius 2 is 1.82 bits per heavy atom. The summed E-state index contributed by atoms with van der Waals surface area (Å²) in [5.41, 5.74) is 8.07. The van der Waals surface area contributed by atoms with Crippen LogP contribution in [0, 0.1) is 0 Å². The lowest BCUT2D eigenvalue weighted by Gasteiger charge is -2.14. The Hall–Kier alpha value is -1.06. The van der Waals surface area contributed by atoms with Gasteiger partial charge in [-0.1, -0.05) is 12.1 Å². The van der Waals surface area contributed by atoms with Gasteiger partial charge in [-0.15, -0.1) is 0 Å². The van der Waals surface area contributed by atoms with Crippen molar-refractivity contribution in [2.24, 2.45) is 5.73 Å². The molecule has 94 valence electrons. The molecule has 3 nitrogen and oxygen atoms in total. The van der Waals surface area contributed by atoms with Crippen molar-refractivity contribution < 1.29 is 0 Å². The summed E-state index contributed by atoms with van der Waals surface area (Å²) in [5.74, 6) is 0. The molecule has 0 saturated carbocycles. The molecule has 1 fully saturated rings. The Kier molecular flexibility index (Phi) is 4.83. The van der Waals surface area contributed by atoms with Gasteiger partial charge in [-0.3, -0.25) is 4.90 Å². The van der Waals surface area contributed by atoms with Crippen LogP contribution >= 0.6 is 0 Å². The van der Waals surface area contributed by atoms with E-state index in [4.69, 9.17) is 5.73 Å². The number of likely N-dealkylation sites (tertiary alicyclic amines) is 1. The first kappa shape index (κ1) is 12.4. The van der Waals surface area contributed by atoms with E-state index >= 15 is 0 Å². The Bertz CT molecular complexity index is 315. The number of hydrogen-bond donors (Lipinski definition) is 2. The van der Waals surface area contributed by atoms with Crippen molar-refractivity contribution in [1.29, 1.82) is 0 Å². The fourth-order valence-electron chi connectivity index (χ4n) is 2.26. The predicted octanol–water partition coefficient (Wildman–Crippen LogP) is 2.04. The predicted molar refractivity (Wildman–Crippen MR) is 73.1 cm³/mol. The first-order valence-electron chi connectivity index (χ1n) is 6.64. The van der Waals surface area contributed by atoms with E-state index in [1.165, 1.54) is 37.2 Å². The molecule has 1 aromatic rings. The highest BCUT2D eigenvalue weighted by molar-refractivity contribution is 5.44. The lowest BCUT2D eigenvalue weighted by atomic mass is 10.2. The minimum Gasteiger partial charge on any atom is -0.385 e. The van der Waals surface area contributed by atoms with Crippen molar-refractivity contribution in [3.63, 3.8) is 0 Å². The minimum atomic E-state index is 0.750. The van der Waals surface area contributed by atoms with Crippen LogP contribution in [0.3, 0.4) is 0 Å². The monoisotopic (exact) mass is 233 g/mol. The van der Waals surface area contributed by atoms with Gasteiger partial charge in [-0.25, -0.2) is 0 Å². The summed E-state index contributed by atoms with van der Waals surface area (Å²) in [5, 5.41) is 3.37. The van der Waals surface area contributed by atoms with E-state index in [1.807, 2.05) is 0 Å². The van der Waals surface area contributed by atoms with Crippen LogP contribution in [0.25, 0.3) is 0 Å². The summed E-state index contributed by atoms with van der Waals surface area (Å²) in [4.78, 5) is 2.52. The highest BCUT2D eigenvalue weighted by Crippen LogP contribution is 2.15. The van der Waals surface area contributed by atoms with Crippen LogP contribution in [0.1, 0.15) is 24.8 Å². The summed E-state index contributed by atoms with van der Waals surface area (Å²) in [7, 11) is 0. The van der Waals surface area contributed by atoms with Crippen LogP contribution in [0.5, 0.6) is 0 Å². The topological polar surface area (TPSA) is 41.3 Å². The van der Waals surface area contributed by atoms with Gasteiger partial charge in [0, 0.05) is 18.8 Å². The molecule has 3 N–H and O–H groups in total. The lowest BCUT2D eigenvalue weighted by Crippen LogP contribution is -2.18. The number of hydrogen-bond acceptors (Lipinski definition) is 3. The molecule has 2 rings (SSSR count). The van der Waals surface area contributed by atoms with Gasteiger partial charge in [-0.05, 0) is 56.6 Å². The van der Waals surface area contributed by atoms with Gasteiger partial charge >= 0.3 is 0 Å². The molecule has 0 radical (unpaired) electrons. The maximum Gasteiger partial charge on any atom is 0.0340 e. The number of anilines is 1. The Morgan fingerprint density at radius 1 is 1.12 bits per heavy atom. The molecular weight excluding hydrogens is 210 g/mol. The molecule has 1 aliphatic heterocycles. The third-order valence-electron chi connectivity index (χ3n) is 3.27. The van der Waals surface area contributed by atoms with E-state index < -0.39 is 0 Å². The first-order valence-corrected chi connectivity index (χ1v) is 6.64. The molecule has 0 bridgehead atoms. The van der Waals surface area contributed by atoms with Crippen molar-refractivity contribution in [2.75, 3.05) is 31.5 Å².